The lowest BCUT2D eigenvalue weighted by molar-refractivity contribution is 0.00779. The Morgan fingerprint density at radius 3 is 2.50 bits per heavy atom. The van der Waals surface area contributed by atoms with Gasteiger partial charge in [0.05, 0.1) is 5.69 Å². The number of carbonyl (C=O) groups excluding carboxylic acids is 1. The molecule has 7 heteroatoms. The van der Waals surface area contributed by atoms with Gasteiger partial charge >= 0.3 is 12.1 Å². The first-order chi connectivity index (χ1) is 9.17. The summed E-state index contributed by atoms with van der Waals surface area (Å²) < 4.78 is 6.73. The maximum Gasteiger partial charge on any atom is 0.410 e. The Hall–Kier alpha value is -2.05. The van der Waals surface area contributed by atoms with Gasteiger partial charge in [-0.1, -0.05) is 0 Å². The molecule has 110 valence electrons. The molecule has 0 aliphatic carbocycles. The number of rotatable bonds is 2. The van der Waals surface area contributed by atoms with E-state index in [0.29, 0.717) is 18.8 Å². The van der Waals surface area contributed by atoms with E-state index in [1.165, 1.54) is 10.9 Å². The largest absolute Gasteiger partial charge is 0.478 e. The quantitative estimate of drug-likeness (QED) is 0.887. The molecule has 1 aliphatic rings. The van der Waals surface area contributed by atoms with Crippen LogP contribution in [0.25, 0.3) is 0 Å². The summed E-state index contributed by atoms with van der Waals surface area (Å²) in [6.45, 7) is 6.30. The van der Waals surface area contributed by atoms with Crippen LogP contribution in [0.5, 0.6) is 0 Å². The Kier molecular flexibility index (Phi) is 3.45. The highest BCUT2D eigenvalue weighted by Gasteiger charge is 2.38. The molecule has 2 heterocycles. The molecule has 0 spiro atoms. The number of likely N-dealkylation sites (tertiary alicyclic amines) is 1. The van der Waals surface area contributed by atoms with E-state index in [1.807, 2.05) is 20.8 Å². The Morgan fingerprint density at radius 2 is 2.00 bits per heavy atom. The van der Waals surface area contributed by atoms with Crippen molar-refractivity contribution >= 4 is 12.1 Å². The van der Waals surface area contributed by atoms with Crippen LogP contribution in [0.1, 0.15) is 42.7 Å². The minimum absolute atomic E-state index is 0.0465. The molecule has 1 amide bonds. The number of carbonyl (C=O) groups is 2. The summed E-state index contributed by atoms with van der Waals surface area (Å²) in [7, 11) is 1.68. The lowest BCUT2D eigenvalue weighted by Gasteiger charge is -2.39. The van der Waals surface area contributed by atoms with Crippen molar-refractivity contribution in [2.24, 2.45) is 7.05 Å². The van der Waals surface area contributed by atoms with Gasteiger partial charge in [-0.3, -0.25) is 4.68 Å². The van der Waals surface area contributed by atoms with E-state index in [2.05, 4.69) is 5.10 Å². The van der Waals surface area contributed by atoms with Crippen LogP contribution >= 0.6 is 0 Å². The summed E-state index contributed by atoms with van der Waals surface area (Å²) in [5.74, 6) is -1.04. The van der Waals surface area contributed by atoms with Crippen molar-refractivity contribution in [1.82, 2.24) is 14.7 Å². The number of nitrogens with zero attached hydrogens (tertiary/aromatic N) is 3. The fraction of sp³-hybridized carbons (Fsp3) is 0.615. The third-order valence-corrected chi connectivity index (χ3v) is 3.01. The number of hydrogen-bond donors (Lipinski definition) is 1. The van der Waals surface area contributed by atoms with E-state index in [0.717, 1.165) is 0 Å². The summed E-state index contributed by atoms with van der Waals surface area (Å²) in [4.78, 5) is 24.5. The highest BCUT2D eigenvalue weighted by atomic mass is 16.6. The van der Waals surface area contributed by atoms with Crippen LogP contribution in [0.2, 0.25) is 0 Å². The minimum atomic E-state index is -0.996. The average Bonchev–Trinajstić information content (AvgIpc) is 2.55. The standard InChI is InChI=1S/C13H19N3O4/c1-13(2,3)20-12(19)16-5-8(6-16)10-9(11(17)18)7-15(4)14-10/h7-8H,5-6H2,1-4H3,(H,17,18). The van der Waals surface area contributed by atoms with Crippen LogP contribution in [0.3, 0.4) is 0 Å². The van der Waals surface area contributed by atoms with Gasteiger partial charge in [0.15, 0.2) is 0 Å². The Bertz CT molecular complexity index is 538. The Balaban J connectivity index is 2.00. The second-order valence-corrected chi connectivity index (χ2v) is 5.99. The molecule has 1 aliphatic heterocycles. The van der Waals surface area contributed by atoms with E-state index >= 15 is 0 Å². The first-order valence-corrected chi connectivity index (χ1v) is 6.42. The van der Waals surface area contributed by atoms with Crippen LogP contribution < -0.4 is 0 Å². The van der Waals surface area contributed by atoms with E-state index in [4.69, 9.17) is 9.84 Å². The fourth-order valence-corrected chi connectivity index (χ4v) is 2.10. The van der Waals surface area contributed by atoms with Crippen LogP contribution in [0, 0.1) is 0 Å². The van der Waals surface area contributed by atoms with E-state index < -0.39 is 11.6 Å². The molecule has 1 N–H and O–H groups in total. The van der Waals surface area contributed by atoms with Crippen LogP contribution in [0.4, 0.5) is 4.79 Å². The topological polar surface area (TPSA) is 84.7 Å². The first-order valence-electron chi connectivity index (χ1n) is 6.42. The predicted octanol–water partition coefficient (Wildman–Crippen LogP) is 1.45. The molecule has 1 saturated heterocycles. The van der Waals surface area contributed by atoms with Crippen molar-refractivity contribution in [2.45, 2.75) is 32.3 Å². The van der Waals surface area contributed by atoms with Gasteiger partial charge in [0.2, 0.25) is 0 Å². The van der Waals surface area contributed by atoms with Gasteiger partial charge in [-0.25, -0.2) is 9.59 Å². The predicted molar refractivity (Wildman–Crippen MR) is 70.7 cm³/mol. The molecule has 0 saturated carbocycles. The smallest absolute Gasteiger partial charge is 0.410 e. The molecule has 1 aromatic heterocycles. The molecular weight excluding hydrogens is 262 g/mol. The van der Waals surface area contributed by atoms with Gasteiger partial charge in [0.1, 0.15) is 11.2 Å². The molecule has 0 aromatic carbocycles. The summed E-state index contributed by atoms with van der Waals surface area (Å²) in [5, 5.41) is 13.3. The van der Waals surface area contributed by atoms with Crippen LogP contribution in [-0.4, -0.2) is 50.5 Å². The minimum Gasteiger partial charge on any atom is -0.478 e. The maximum atomic E-state index is 11.8. The van der Waals surface area contributed by atoms with Crippen molar-refractivity contribution in [3.8, 4) is 0 Å². The normalized spacial score (nSPS) is 15.9. The zero-order chi connectivity index (χ0) is 15.1. The second-order valence-electron chi connectivity index (χ2n) is 5.99. The summed E-state index contributed by atoms with van der Waals surface area (Å²) in [6.07, 6.45) is 1.11. The summed E-state index contributed by atoms with van der Waals surface area (Å²) >= 11 is 0. The number of carboxylic acids is 1. The van der Waals surface area contributed by atoms with E-state index in [1.54, 1.807) is 11.9 Å². The number of aryl methyl sites for hydroxylation is 1. The molecular formula is C13H19N3O4. The molecule has 2 rings (SSSR count). The van der Waals surface area contributed by atoms with Crippen molar-refractivity contribution in [2.75, 3.05) is 13.1 Å². The average molecular weight is 281 g/mol. The lowest BCUT2D eigenvalue weighted by atomic mass is 9.94. The highest BCUT2D eigenvalue weighted by molar-refractivity contribution is 5.89. The number of aromatic carboxylic acids is 1. The molecule has 0 unspecified atom stereocenters. The number of amides is 1. The van der Waals surface area contributed by atoms with Gasteiger partial charge in [0.25, 0.3) is 0 Å². The zero-order valence-corrected chi connectivity index (χ0v) is 12.1. The summed E-state index contributed by atoms with van der Waals surface area (Å²) in [5.41, 5.74) is 0.195. The van der Waals surface area contributed by atoms with Gasteiger partial charge < -0.3 is 14.7 Å². The zero-order valence-electron chi connectivity index (χ0n) is 12.1. The third kappa shape index (κ3) is 2.92. The molecule has 1 aromatic rings. The lowest BCUT2D eigenvalue weighted by Crippen LogP contribution is -2.50. The first kappa shape index (κ1) is 14.4. The van der Waals surface area contributed by atoms with Crippen molar-refractivity contribution in [3.63, 3.8) is 0 Å². The number of ether oxygens (including phenoxy) is 1. The van der Waals surface area contributed by atoms with Crippen molar-refractivity contribution < 1.29 is 19.4 Å². The Morgan fingerprint density at radius 1 is 1.40 bits per heavy atom. The number of hydrogen-bond acceptors (Lipinski definition) is 4. The summed E-state index contributed by atoms with van der Waals surface area (Å²) in [6, 6.07) is 0. The molecule has 0 bridgehead atoms. The maximum absolute atomic E-state index is 11.8. The van der Waals surface area contributed by atoms with Crippen molar-refractivity contribution in [3.05, 3.63) is 17.5 Å². The van der Waals surface area contributed by atoms with Gasteiger partial charge in [-0.15, -0.1) is 0 Å². The number of aromatic nitrogens is 2. The monoisotopic (exact) mass is 281 g/mol. The van der Waals surface area contributed by atoms with E-state index in [-0.39, 0.29) is 17.6 Å². The number of carboxylic acid groups (broad SMARTS) is 1. The highest BCUT2D eigenvalue weighted by Crippen LogP contribution is 2.29. The molecule has 20 heavy (non-hydrogen) atoms. The second kappa shape index (κ2) is 4.81. The SMILES string of the molecule is Cn1cc(C(=O)O)c(C2CN(C(=O)OC(C)(C)C)C2)n1. The van der Waals surface area contributed by atoms with E-state index in [9.17, 15) is 9.59 Å². The van der Waals surface area contributed by atoms with Crippen LogP contribution in [-0.2, 0) is 11.8 Å². The molecule has 7 nitrogen and oxygen atoms in total. The fourth-order valence-electron chi connectivity index (χ4n) is 2.10. The van der Waals surface area contributed by atoms with Gasteiger partial charge in [0, 0.05) is 32.3 Å². The van der Waals surface area contributed by atoms with Crippen LogP contribution in [0.15, 0.2) is 6.20 Å². The van der Waals surface area contributed by atoms with Gasteiger partial charge in [-0.05, 0) is 20.8 Å². The van der Waals surface area contributed by atoms with Crippen molar-refractivity contribution in [1.29, 1.82) is 0 Å². The third-order valence-electron chi connectivity index (χ3n) is 3.01. The Labute approximate surface area is 117 Å². The molecule has 0 radical (unpaired) electrons. The molecule has 0 atom stereocenters. The van der Waals surface area contributed by atoms with Gasteiger partial charge in [-0.2, -0.15) is 5.10 Å². The molecule has 1 fully saturated rings.